The number of fused-ring (bicyclic) bond motifs is 6. The molecule has 0 aliphatic carbocycles. The Morgan fingerprint density at radius 2 is 1.16 bits per heavy atom. The van der Waals surface area contributed by atoms with Crippen LogP contribution in [0.3, 0.4) is 0 Å². The summed E-state index contributed by atoms with van der Waals surface area (Å²) in [5.41, 5.74) is 11.2. The maximum Gasteiger partial charge on any atom is 0.0542 e. The van der Waals surface area contributed by atoms with Gasteiger partial charge in [0.1, 0.15) is 0 Å². The lowest BCUT2D eigenvalue weighted by Crippen LogP contribution is -2.31. The smallest absolute Gasteiger partial charge is 0.0542 e. The molecule has 0 bridgehead atoms. The molecule has 1 aliphatic heterocycles. The van der Waals surface area contributed by atoms with Crippen molar-refractivity contribution in [3.8, 4) is 5.69 Å². The number of hydrogen-bond donors (Lipinski definition) is 0. The molecule has 1 aliphatic rings. The lowest BCUT2D eigenvalue weighted by molar-refractivity contribution is 0.638. The van der Waals surface area contributed by atoms with E-state index in [1.165, 1.54) is 77.6 Å². The first kappa shape index (κ1) is 25.6. The molecule has 2 nitrogen and oxygen atoms in total. The number of para-hydroxylation sites is 1. The Balaban J connectivity index is 1.52. The number of rotatable bonds is 3. The van der Waals surface area contributed by atoms with Crippen molar-refractivity contribution in [2.75, 3.05) is 4.90 Å². The van der Waals surface area contributed by atoms with Gasteiger partial charge in [0.15, 0.2) is 0 Å². The lowest BCUT2D eigenvalue weighted by atomic mass is 9.71. The van der Waals surface area contributed by atoms with Crippen LogP contribution in [0.2, 0.25) is 0 Å². The monoisotopic (exact) mass is 554 g/mol. The van der Waals surface area contributed by atoms with Crippen LogP contribution in [0.15, 0.2) is 127 Å². The fraction of sp³-hybridized carbons (Fsp3) is 0.122. The van der Waals surface area contributed by atoms with Crippen molar-refractivity contribution in [2.24, 2.45) is 0 Å². The average Bonchev–Trinajstić information content (AvgIpc) is 3.31. The number of anilines is 3. The predicted octanol–water partition coefficient (Wildman–Crippen LogP) is 11.4. The minimum Gasteiger partial charge on any atom is -0.313 e. The molecule has 43 heavy (non-hydrogen) atoms. The van der Waals surface area contributed by atoms with Gasteiger partial charge in [0, 0.05) is 32.8 Å². The molecule has 0 atom stereocenters. The van der Waals surface area contributed by atoms with Crippen LogP contribution in [0.4, 0.5) is 17.1 Å². The second kappa shape index (κ2) is 9.47. The zero-order valence-corrected chi connectivity index (χ0v) is 25.1. The molecule has 0 fully saturated rings. The van der Waals surface area contributed by atoms with E-state index in [-0.39, 0.29) is 5.41 Å². The van der Waals surface area contributed by atoms with E-state index in [2.05, 4.69) is 171 Å². The summed E-state index contributed by atoms with van der Waals surface area (Å²) in [4.78, 5) is 2.50. The van der Waals surface area contributed by atoms with Crippen LogP contribution in [0.1, 0.15) is 43.2 Å². The van der Waals surface area contributed by atoms with Crippen LogP contribution in [0, 0.1) is 6.92 Å². The molecule has 0 radical (unpaired) electrons. The van der Waals surface area contributed by atoms with Gasteiger partial charge in [-0.25, -0.2) is 0 Å². The molecule has 0 saturated carbocycles. The van der Waals surface area contributed by atoms with Crippen molar-refractivity contribution < 1.29 is 0 Å². The molecule has 2 heteroatoms. The van der Waals surface area contributed by atoms with E-state index in [4.69, 9.17) is 0 Å². The van der Waals surface area contributed by atoms with Gasteiger partial charge in [-0.1, -0.05) is 117 Å². The summed E-state index contributed by atoms with van der Waals surface area (Å²) in [7, 11) is 0. The van der Waals surface area contributed by atoms with E-state index >= 15 is 0 Å². The summed E-state index contributed by atoms with van der Waals surface area (Å²) in [6.45, 7) is 9.19. The zero-order valence-electron chi connectivity index (χ0n) is 25.1. The summed E-state index contributed by atoms with van der Waals surface area (Å²) >= 11 is 0. The highest BCUT2D eigenvalue weighted by atomic mass is 15.2. The number of allylic oxidation sites excluding steroid dienone is 1. The molecule has 208 valence electrons. The number of hydrogen-bond acceptors (Lipinski definition) is 1. The largest absolute Gasteiger partial charge is 0.313 e. The molecule has 7 aromatic rings. The molecule has 8 rings (SSSR count). The van der Waals surface area contributed by atoms with Crippen LogP contribution >= 0.6 is 0 Å². The standard InChI is InChI=1S/C41H34N2/c1-5-14-30-27(2)42(34-23-12-17-28-15-6-8-19-31(28)34)37-25-26-38-40(39(30)37)41(3,4)33-21-10-11-22-36(33)43(38)35-24-13-18-29-16-7-9-20-32(29)35/h5-26H,1-4H3. The highest BCUT2D eigenvalue weighted by Crippen LogP contribution is 2.56. The zero-order chi connectivity index (χ0) is 29.3. The Kier molecular flexibility index (Phi) is 5.64. The topological polar surface area (TPSA) is 8.17 Å². The van der Waals surface area contributed by atoms with Crippen molar-refractivity contribution in [3.05, 3.63) is 150 Å². The van der Waals surface area contributed by atoms with Crippen LogP contribution < -0.4 is 4.90 Å². The normalized spacial score (nSPS) is 14.1. The molecule has 1 aromatic heterocycles. The second-order valence-electron chi connectivity index (χ2n) is 12.2. The minimum atomic E-state index is -0.222. The Morgan fingerprint density at radius 1 is 0.581 bits per heavy atom. The molecular weight excluding hydrogens is 520 g/mol. The summed E-state index contributed by atoms with van der Waals surface area (Å²) in [6, 6.07) is 44.4. The van der Waals surface area contributed by atoms with Crippen molar-refractivity contribution >= 4 is 55.6 Å². The molecule has 0 unspecified atom stereocenters. The fourth-order valence-electron chi connectivity index (χ4n) is 7.55. The van der Waals surface area contributed by atoms with Gasteiger partial charge in [-0.2, -0.15) is 0 Å². The molecule has 0 N–H and O–H groups in total. The molecular formula is C41H34N2. The summed E-state index contributed by atoms with van der Waals surface area (Å²) in [5, 5.41) is 6.34. The highest BCUT2D eigenvalue weighted by Gasteiger charge is 2.40. The van der Waals surface area contributed by atoms with Gasteiger partial charge < -0.3 is 9.47 Å². The van der Waals surface area contributed by atoms with Crippen LogP contribution in [0.5, 0.6) is 0 Å². The average molecular weight is 555 g/mol. The van der Waals surface area contributed by atoms with Crippen molar-refractivity contribution in [2.45, 2.75) is 33.1 Å². The number of benzene rings is 6. The first-order valence-corrected chi connectivity index (χ1v) is 15.2. The lowest BCUT2D eigenvalue weighted by Gasteiger charge is -2.43. The summed E-state index contributed by atoms with van der Waals surface area (Å²) in [5.74, 6) is 0. The first-order valence-electron chi connectivity index (χ1n) is 15.2. The van der Waals surface area contributed by atoms with Crippen molar-refractivity contribution in [1.82, 2.24) is 4.57 Å². The van der Waals surface area contributed by atoms with Gasteiger partial charge in [0.05, 0.1) is 28.3 Å². The number of aromatic nitrogens is 1. The maximum atomic E-state index is 2.50. The van der Waals surface area contributed by atoms with Crippen LogP contribution in [-0.2, 0) is 5.41 Å². The molecule has 0 spiro atoms. The van der Waals surface area contributed by atoms with Gasteiger partial charge >= 0.3 is 0 Å². The Bertz CT molecular complexity index is 2230. The van der Waals surface area contributed by atoms with E-state index in [1.54, 1.807) is 0 Å². The fourth-order valence-corrected chi connectivity index (χ4v) is 7.55. The second-order valence-corrected chi connectivity index (χ2v) is 12.2. The van der Waals surface area contributed by atoms with Crippen molar-refractivity contribution in [1.29, 1.82) is 0 Å². The van der Waals surface area contributed by atoms with Gasteiger partial charge in [-0.05, 0) is 66.1 Å². The molecule has 6 aromatic carbocycles. The van der Waals surface area contributed by atoms with Crippen LogP contribution in [0.25, 0.3) is 44.2 Å². The summed E-state index contributed by atoms with van der Waals surface area (Å²) < 4.78 is 2.48. The van der Waals surface area contributed by atoms with Gasteiger partial charge in [-0.3, -0.25) is 0 Å². The van der Waals surface area contributed by atoms with Gasteiger partial charge in [0.25, 0.3) is 0 Å². The minimum absolute atomic E-state index is 0.222. The quantitative estimate of drug-likeness (QED) is 0.211. The molecule has 0 saturated heterocycles. The van der Waals surface area contributed by atoms with Gasteiger partial charge in [0.2, 0.25) is 0 Å². The highest BCUT2D eigenvalue weighted by molar-refractivity contribution is 6.07. The Hall–Kier alpha value is -5.08. The Labute approximate surface area is 253 Å². The van der Waals surface area contributed by atoms with E-state index in [0.29, 0.717) is 0 Å². The first-order chi connectivity index (χ1) is 21.0. The van der Waals surface area contributed by atoms with E-state index in [0.717, 1.165) is 0 Å². The maximum absolute atomic E-state index is 2.50. The van der Waals surface area contributed by atoms with E-state index < -0.39 is 0 Å². The van der Waals surface area contributed by atoms with Crippen molar-refractivity contribution in [3.63, 3.8) is 0 Å². The number of nitrogens with zero attached hydrogens (tertiary/aromatic N) is 2. The summed E-state index contributed by atoms with van der Waals surface area (Å²) in [6.07, 6.45) is 4.49. The third-order valence-electron chi connectivity index (χ3n) is 9.43. The Morgan fingerprint density at radius 3 is 1.88 bits per heavy atom. The SMILES string of the molecule is CC=Cc1c(C)n(-c2cccc3ccccc23)c2ccc3c(c12)C(C)(C)c1ccccc1N3c1cccc2ccccc12. The third kappa shape index (κ3) is 3.59. The van der Waals surface area contributed by atoms with E-state index in [9.17, 15) is 0 Å². The third-order valence-corrected chi connectivity index (χ3v) is 9.43. The molecule has 0 amide bonds. The van der Waals surface area contributed by atoms with E-state index in [1.807, 2.05) is 0 Å². The predicted molar refractivity (Wildman–Crippen MR) is 185 cm³/mol. The van der Waals surface area contributed by atoms with Gasteiger partial charge in [-0.15, -0.1) is 0 Å². The molecule has 2 heterocycles. The van der Waals surface area contributed by atoms with Crippen LogP contribution in [-0.4, -0.2) is 4.57 Å².